The van der Waals surface area contributed by atoms with Crippen molar-refractivity contribution in [1.82, 2.24) is 24.8 Å². The monoisotopic (exact) mass is 334 g/mol. The van der Waals surface area contributed by atoms with Crippen molar-refractivity contribution in [2.75, 3.05) is 12.4 Å². The summed E-state index contributed by atoms with van der Waals surface area (Å²) < 4.78 is 7.00. The predicted molar refractivity (Wildman–Crippen MR) is 91.5 cm³/mol. The van der Waals surface area contributed by atoms with Crippen LogP contribution in [-0.4, -0.2) is 37.8 Å². The fraction of sp³-hybridized carbons (Fsp3) is 0.0588. The summed E-state index contributed by atoms with van der Waals surface area (Å²) in [5, 5.41) is 13.6. The molecular formula is C17H14N6O2. The number of para-hydroxylation sites is 1. The van der Waals surface area contributed by atoms with E-state index in [1.807, 2.05) is 24.3 Å². The largest absolute Gasteiger partial charge is 0.496 e. The van der Waals surface area contributed by atoms with E-state index < -0.39 is 0 Å². The summed E-state index contributed by atoms with van der Waals surface area (Å²) in [7, 11) is 1.61. The van der Waals surface area contributed by atoms with Crippen molar-refractivity contribution in [3.63, 3.8) is 0 Å². The molecule has 2 N–H and O–H groups in total. The van der Waals surface area contributed by atoms with E-state index in [1.54, 1.807) is 36.0 Å². The van der Waals surface area contributed by atoms with Crippen LogP contribution in [0.5, 0.6) is 5.75 Å². The molecule has 1 amide bonds. The maximum Gasteiger partial charge on any atom is 0.273 e. The number of fused-ring (bicyclic) bond motifs is 1. The molecule has 25 heavy (non-hydrogen) atoms. The molecule has 4 rings (SSSR count). The lowest BCUT2D eigenvalue weighted by Crippen LogP contribution is -2.12. The lowest BCUT2D eigenvalue weighted by Gasteiger charge is -2.03. The zero-order valence-corrected chi connectivity index (χ0v) is 13.3. The maximum atomic E-state index is 12.1. The van der Waals surface area contributed by atoms with E-state index in [0.29, 0.717) is 28.6 Å². The minimum absolute atomic E-state index is 0.272. The predicted octanol–water partition coefficient (Wildman–Crippen LogP) is 2.38. The standard InChI is InChI=1S/C17H14N6O2/c1-25-14-5-3-2-4-12(14)16-20-15-10-11(7-9-23(15)22-16)19-17(24)13-6-8-18-21-13/h2-10H,1H3,(H,18,21)(H,19,24). The lowest BCUT2D eigenvalue weighted by molar-refractivity contribution is 0.102. The number of benzene rings is 1. The van der Waals surface area contributed by atoms with E-state index in [0.717, 1.165) is 5.56 Å². The van der Waals surface area contributed by atoms with Gasteiger partial charge in [-0.05, 0) is 24.3 Å². The van der Waals surface area contributed by atoms with Gasteiger partial charge in [-0.15, -0.1) is 5.10 Å². The molecule has 0 saturated heterocycles. The van der Waals surface area contributed by atoms with Crippen LogP contribution >= 0.6 is 0 Å². The van der Waals surface area contributed by atoms with Crippen molar-refractivity contribution in [3.05, 3.63) is 60.6 Å². The molecule has 8 heteroatoms. The van der Waals surface area contributed by atoms with Gasteiger partial charge in [-0.25, -0.2) is 9.50 Å². The minimum Gasteiger partial charge on any atom is -0.496 e. The van der Waals surface area contributed by atoms with Crippen LogP contribution in [0.3, 0.4) is 0 Å². The molecule has 0 saturated carbocycles. The molecule has 1 aromatic carbocycles. The number of amides is 1. The highest BCUT2D eigenvalue weighted by Gasteiger charge is 2.12. The van der Waals surface area contributed by atoms with Gasteiger partial charge in [0, 0.05) is 24.1 Å². The molecule has 124 valence electrons. The minimum atomic E-state index is -0.272. The highest BCUT2D eigenvalue weighted by atomic mass is 16.5. The third-order valence-corrected chi connectivity index (χ3v) is 3.69. The normalized spacial score (nSPS) is 10.8. The van der Waals surface area contributed by atoms with Crippen LogP contribution in [0, 0.1) is 0 Å². The topological polar surface area (TPSA) is 97.2 Å². The molecule has 4 aromatic rings. The van der Waals surface area contributed by atoms with Crippen LogP contribution in [0.4, 0.5) is 5.69 Å². The Morgan fingerprint density at radius 2 is 2.12 bits per heavy atom. The number of carbonyl (C=O) groups is 1. The first-order valence-corrected chi connectivity index (χ1v) is 7.55. The second kappa shape index (κ2) is 6.08. The number of rotatable bonds is 4. The van der Waals surface area contributed by atoms with E-state index in [2.05, 4.69) is 25.6 Å². The number of carbonyl (C=O) groups excluding carboxylic acids is 1. The number of hydrogen-bond acceptors (Lipinski definition) is 5. The van der Waals surface area contributed by atoms with Gasteiger partial charge in [-0.2, -0.15) is 5.10 Å². The fourth-order valence-corrected chi connectivity index (χ4v) is 2.48. The number of H-pyrrole nitrogens is 1. The fourth-order valence-electron chi connectivity index (χ4n) is 2.48. The third kappa shape index (κ3) is 2.80. The van der Waals surface area contributed by atoms with Gasteiger partial charge in [0.15, 0.2) is 11.5 Å². The first-order chi connectivity index (χ1) is 12.2. The molecule has 3 heterocycles. The number of ether oxygens (including phenoxy) is 1. The SMILES string of the molecule is COc1ccccc1-c1nc2cc(NC(=O)c3ccn[nH]3)ccn2n1. The second-order valence-electron chi connectivity index (χ2n) is 5.28. The van der Waals surface area contributed by atoms with Crippen molar-refractivity contribution in [2.45, 2.75) is 0 Å². The Morgan fingerprint density at radius 1 is 1.24 bits per heavy atom. The number of anilines is 1. The lowest BCUT2D eigenvalue weighted by atomic mass is 10.2. The summed E-state index contributed by atoms with van der Waals surface area (Å²) in [6, 6.07) is 12.7. The Bertz CT molecular complexity index is 1040. The van der Waals surface area contributed by atoms with Crippen LogP contribution in [-0.2, 0) is 0 Å². The highest BCUT2D eigenvalue weighted by molar-refractivity contribution is 6.02. The van der Waals surface area contributed by atoms with E-state index >= 15 is 0 Å². The number of methoxy groups -OCH3 is 1. The summed E-state index contributed by atoms with van der Waals surface area (Å²) in [6.07, 6.45) is 3.26. The number of aromatic nitrogens is 5. The summed E-state index contributed by atoms with van der Waals surface area (Å²) >= 11 is 0. The Morgan fingerprint density at radius 3 is 2.92 bits per heavy atom. The average Bonchev–Trinajstić information content (AvgIpc) is 3.31. The van der Waals surface area contributed by atoms with E-state index in [1.165, 1.54) is 6.20 Å². The molecule has 0 unspecified atom stereocenters. The van der Waals surface area contributed by atoms with Crippen molar-refractivity contribution in [1.29, 1.82) is 0 Å². The summed E-state index contributed by atoms with van der Waals surface area (Å²) in [6.45, 7) is 0. The number of nitrogens with one attached hydrogen (secondary N) is 2. The number of pyridine rings is 1. The summed E-state index contributed by atoms with van der Waals surface area (Å²) in [5.41, 5.74) is 2.42. The van der Waals surface area contributed by atoms with Gasteiger partial charge in [0.05, 0.1) is 12.7 Å². The van der Waals surface area contributed by atoms with Crippen LogP contribution in [0.25, 0.3) is 17.0 Å². The van der Waals surface area contributed by atoms with Gasteiger partial charge in [0.2, 0.25) is 0 Å². The van der Waals surface area contributed by atoms with Gasteiger partial charge in [0.25, 0.3) is 5.91 Å². The van der Waals surface area contributed by atoms with Gasteiger partial charge < -0.3 is 10.1 Å². The molecule has 3 aromatic heterocycles. The Balaban J connectivity index is 1.67. The maximum absolute atomic E-state index is 12.1. The molecule has 0 fully saturated rings. The zero-order valence-electron chi connectivity index (χ0n) is 13.3. The zero-order chi connectivity index (χ0) is 17.2. The smallest absolute Gasteiger partial charge is 0.273 e. The molecule has 0 atom stereocenters. The molecule has 0 aliphatic carbocycles. The van der Waals surface area contributed by atoms with Crippen molar-refractivity contribution >= 4 is 17.2 Å². The van der Waals surface area contributed by atoms with E-state index in [-0.39, 0.29) is 5.91 Å². The van der Waals surface area contributed by atoms with Gasteiger partial charge in [-0.1, -0.05) is 12.1 Å². The molecule has 0 aliphatic rings. The Kier molecular flexibility index (Phi) is 3.62. The van der Waals surface area contributed by atoms with E-state index in [9.17, 15) is 4.79 Å². The molecule has 0 bridgehead atoms. The Labute approximate surface area is 142 Å². The van der Waals surface area contributed by atoms with Crippen LogP contribution in [0.2, 0.25) is 0 Å². The van der Waals surface area contributed by atoms with Crippen molar-refractivity contribution in [3.8, 4) is 17.1 Å². The second-order valence-corrected chi connectivity index (χ2v) is 5.28. The average molecular weight is 334 g/mol. The van der Waals surface area contributed by atoms with Crippen LogP contribution in [0.1, 0.15) is 10.5 Å². The molecule has 0 aliphatic heterocycles. The molecule has 0 spiro atoms. The highest BCUT2D eigenvalue weighted by Crippen LogP contribution is 2.27. The van der Waals surface area contributed by atoms with Gasteiger partial charge in [0.1, 0.15) is 11.4 Å². The number of hydrogen-bond donors (Lipinski definition) is 2. The first-order valence-electron chi connectivity index (χ1n) is 7.55. The van der Waals surface area contributed by atoms with Gasteiger partial charge >= 0.3 is 0 Å². The molecular weight excluding hydrogens is 320 g/mol. The number of nitrogens with zero attached hydrogens (tertiary/aromatic N) is 4. The van der Waals surface area contributed by atoms with E-state index in [4.69, 9.17) is 4.74 Å². The van der Waals surface area contributed by atoms with Gasteiger partial charge in [-0.3, -0.25) is 9.89 Å². The van der Waals surface area contributed by atoms with Crippen LogP contribution < -0.4 is 10.1 Å². The molecule has 8 nitrogen and oxygen atoms in total. The summed E-state index contributed by atoms with van der Waals surface area (Å²) in [5.74, 6) is 0.979. The molecule has 0 radical (unpaired) electrons. The van der Waals surface area contributed by atoms with Crippen LogP contribution in [0.15, 0.2) is 54.9 Å². The third-order valence-electron chi connectivity index (χ3n) is 3.69. The summed E-state index contributed by atoms with van der Waals surface area (Å²) in [4.78, 5) is 16.6. The van der Waals surface area contributed by atoms with Crippen molar-refractivity contribution < 1.29 is 9.53 Å². The Hall–Kier alpha value is -3.68. The quantitative estimate of drug-likeness (QED) is 0.597. The first kappa shape index (κ1) is 14.9. The van der Waals surface area contributed by atoms with Crippen molar-refractivity contribution in [2.24, 2.45) is 0 Å². The number of aromatic amines is 1.